The first-order valence-electron chi connectivity index (χ1n) is 2.54. The lowest BCUT2D eigenvalue weighted by Gasteiger charge is -1.86. The zero-order valence-electron chi connectivity index (χ0n) is 5.46. The minimum atomic E-state index is 0.486. The summed E-state index contributed by atoms with van der Waals surface area (Å²) in [4.78, 5) is 3.73. The van der Waals surface area contributed by atoms with E-state index in [1.807, 2.05) is 0 Å². The maximum absolute atomic E-state index is 5.30. The topological polar surface area (TPSA) is 64.4 Å². The summed E-state index contributed by atoms with van der Waals surface area (Å²) in [6.45, 7) is 5.12. The lowest BCUT2D eigenvalue weighted by molar-refractivity contribution is 1.35. The van der Waals surface area contributed by atoms with E-state index in [-0.39, 0.29) is 0 Å². The summed E-state index contributed by atoms with van der Waals surface area (Å²) in [5, 5.41) is 0. The Morgan fingerprint density at radius 1 is 1.56 bits per heavy atom. The van der Waals surface area contributed by atoms with E-state index in [0.29, 0.717) is 11.5 Å². The van der Waals surface area contributed by atoms with Crippen LogP contribution < -0.4 is 11.5 Å². The Balaban J connectivity index is 3.98. The van der Waals surface area contributed by atoms with Crippen molar-refractivity contribution in [1.29, 1.82) is 0 Å². The van der Waals surface area contributed by atoms with Crippen LogP contribution in [0.5, 0.6) is 0 Å². The number of hydrogen-bond acceptors (Lipinski definition) is 2. The van der Waals surface area contributed by atoms with Crippen molar-refractivity contribution >= 4 is 5.84 Å². The molecule has 0 heterocycles. The van der Waals surface area contributed by atoms with Crippen LogP contribution in [0.15, 0.2) is 29.5 Å². The smallest absolute Gasteiger partial charge is 0.0958 e. The first-order valence-corrected chi connectivity index (χ1v) is 2.54. The van der Waals surface area contributed by atoms with Crippen molar-refractivity contribution in [2.24, 2.45) is 16.5 Å². The fraction of sp³-hybridized carbons (Fsp3) is 0.167. The van der Waals surface area contributed by atoms with E-state index in [1.54, 1.807) is 6.92 Å². The summed E-state index contributed by atoms with van der Waals surface area (Å²) >= 11 is 0. The molecule has 0 unspecified atom stereocenters. The average molecular weight is 125 g/mol. The normalized spacial score (nSPS) is 13.4. The van der Waals surface area contributed by atoms with Gasteiger partial charge in [-0.2, -0.15) is 0 Å². The highest BCUT2D eigenvalue weighted by Crippen LogP contribution is 1.83. The predicted molar refractivity (Wildman–Crippen MR) is 39.8 cm³/mol. The van der Waals surface area contributed by atoms with E-state index in [4.69, 9.17) is 11.5 Å². The molecular formula is C6H11N3. The molecule has 50 valence electrons. The Hall–Kier alpha value is -1.25. The van der Waals surface area contributed by atoms with Crippen LogP contribution in [0.2, 0.25) is 0 Å². The lowest BCUT2D eigenvalue weighted by atomic mass is 10.5. The summed E-state index contributed by atoms with van der Waals surface area (Å²) in [7, 11) is 0. The number of hydrogen-bond donors (Lipinski definition) is 2. The second-order valence-electron chi connectivity index (χ2n) is 1.60. The highest BCUT2D eigenvalue weighted by molar-refractivity contribution is 5.78. The van der Waals surface area contributed by atoms with Gasteiger partial charge in [-0.1, -0.05) is 6.58 Å². The monoisotopic (exact) mass is 125 g/mol. The molecule has 0 rings (SSSR count). The largest absolute Gasteiger partial charge is 0.397 e. The maximum Gasteiger partial charge on any atom is 0.0958 e. The van der Waals surface area contributed by atoms with E-state index in [9.17, 15) is 0 Å². The van der Waals surface area contributed by atoms with Gasteiger partial charge in [0.1, 0.15) is 0 Å². The Kier molecular flexibility index (Phi) is 3.20. The van der Waals surface area contributed by atoms with Gasteiger partial charge in [0.05, 0.1) is 12.0 Å². The molecule has 0 saturated heterocycles. The molecule has 0 bridgehead atoms. The van der Waals surface area contributed by atoms with E-state index in [1.165, 1.54) is 12.3 Å². The van der Waals surface area contributed by atoms with Gasteiger partial charge in [0, 0.05) is 5.70 Å². The van der Waals surface area contributed by atoms with E-state index in [2.05, 4.69) is 11.6 Å². The summed E-state index contributed by atoms with van der Waals surface area (Å²) in [6.07, 6.45) is 2.97. The van der Waals surface area contributed by atoms with Gasteiger partial charge >= 0.3 is 0 Å². The minimum Gasteiger partial charge on any atom is -0.397 e. The third kappa shape index (κ3) is 4.61. The van der Waals surface area contributed by atoms with Gasteiger partial charge in [0.25, 0.3) is 0 Å². The van der Waals surface area contributed by atoms with Crippen LogP contribution in [0.25, 0.3) is 0 Å². The molecule has 0 radical (unpaired) electrons. The fourth-order valence-corrected chi connectivity index (χ4v) is 0.229. The van der Waals surface area contributed by atoms with Crippen LogP contribution in [0.1, 0.15) is 6.92 Å². The van der Waals surface area contributed by atoms with E-state index < -0.39 is 0 Å². The van der Waals surface area contributed by atoms with Gasteiger partial charge in [-0.25, -0.2) is 4.99 Å². The number of nitrogens with two attached hydrogens (primary N) is 2. The zero-order chi connectivity index (χ0) is 7.28. The molecular weight excluding hydrogens is 114 g/mol. The fourth-order valence-electron chi connectivity index (χ4n) is 0.229. The molecule has 0 aromatic carbocycles. The van der Waals surface area contributed by atoms with Crippen molar-refractivity contribution in [2.75, 3.05) is 0 Å². The summed E-state index contributed by atoms with van der Waals surface area (Å²) in [5.74, 6) is 0.486. The van der Waals surface area contributed by atoms with Crippen molar-refractivity contribution in [3.63, 3.8) is 0 Å². The molecule has 9 heavy (non-hydrogen) atoms. The van der Waals surface area contributed by atoms with Crippen molar-refractivity contribution in [3.8, 4) is 0 Å². The Labute approximate surface area is 54.8 Å². The minimum absolute atomic E-state index is 0.486. The van der Waals surface area contributed by atoms with Crippen molar-refractivity contribution < 1.29 is 0 Å². The van der Waals surface area contributed by atoms with Crippen LogP contribution in [0.3, 0.4) is 0 Å². The molecule has 3 heteroatoms. The third-order valence-corrected chi connectivity index (χ3v) is 0.653. The summed E-state index contributed by atoms with van der Waals surface area (Å²) in [6, 6.07) is 0. The lowest BCUT2D eigenvalue weighted by Crippen LogP contribution is -2.04. The Bertz CT molecular complexity index is 152. The molecule has 0 saturated carbocycles. The van der Waals surface area contributed by atoms with Crippen molar-refractivity contribution in [3.05, 3.63) is 24.6 Å². The number of nitrogens with zero attached hydrogens (tertiary/aromatic N) is 1. The van der Waals surface area contributed by atoms with Gasteiger partial charge in [0.2, 0.25) is 0 Å². The number of rotatable bonds is 2. The van der Waals surface area contributed by atoms with Gasteiger partial charge in [-0.15, -0.1) is 0 Å². The van der Waals surface area contributed by atoms with Gasteiger partial charge in [-0.3, -0.25) is 0 Å². The highest BCUT2D eigenvalue weighted by Gasteiger charge is 1.76. The third-order valence-electron chi connectivity index (χ3n) is 0.653. The molecule has 0 aliphatic rings. The first-order chi connectivity index (χ1) is 4.16. The molecule has 0 aliphatic heterocycles. The molecule has 0 spiro atoms. The summed E-state index contributed by atoms with van der Waals surface area (Å²) in [5.41, 5.74) is 11.0. The number of allylic oxidation sites excluding steroid dienone is 1. The van der Waals surface area contributed by atoms with E-state index >= 15 is 0 Å². The van der Waals surface area contributed by atoms with Crippen LogP contribution >= 0.6 is 0 Å². The van der Waals surface area contributed by atoms with Gasteiger partial charge < -0.3 is 11.5 Å². The quantitative estimate of drug-likeness (QED) is 0.318. The maximum atomic E-state index is 5.30. The van der Waals surface area contributed by atoms with Crippen LogP contribution in [-0.4, -0.2) is 5.84 Å². The van der Waals surface area contributed by atoms with Crippen molar-refractivity contribution in [1.82, 2.24) is 0 Å². The second kappa shape index (κ2) is 3.72. The zero-order valence-corrected chi connectivity index (χ0v) is 5.46. The number of aliphatic imine (C=N–C) groups is 1. The van der Waals surface area contributed by atoms with Gasteiger partial charge in [0.15, 0.2) is 0 Å². The highest BCUT2D eigenvalue weighted by atomic mass is 14.8. The predicted octanol–water partition coefficient (Wildman–Crippen LogP) is 0.350. The molecule has 0 fully saturated rings. The molecule has 0 amide bonds. The summed E-state index contributed by atoms with van der Waals surface area (Å²) < 4.78 is 0. The first kappa shape index (κ1) is 7.75. The van der Waals surface area contributed by atoms with Crippen LogP contribution in [-0.2, 0) is 0 Å². The standard InChI is InChI=1S/C6H11N3/c1-3-6(8)4-9-5(2)7/h3-4H,1,8H2,2H3,(H2,7,9)/b6-4+. The van der Waals surface area contributed by atoms with Crippen LogP contribution in [0, 0.1) is 0 Å². The number of amidine groups is 1. The van der Waals surface area contributed by atoms with Crippen molar-refractivity contribution in [2.45, 2.75) is 6.92 Å². The Morgan fingerprint density at radius 2 is 2.11 bits per heavy atom. The van der Waals surface area contributed by atoms with Crippen LogP contribution in [0.4, 0.5) is 0 Å². The SMILES string of the molecule is C=C/C(N)=C\N=C(\C)N. The average Bonchev–Trinajstić information content (AvgIpc) is 1.83. The van der Waals surface area contributed by atoms with E-state index in [0.717, 1.165) is 0 Å². The molecule has 3 nitrogen and oxygen atoms in total. The van der Waals surface area contributed by atoms with Gasteiger partial charge in [-0.05, 0) is 13.0 Å². The molecule has 0 aliphatic carbocycles. The second-order valence-corrected chi connectivity index (χ2v) is 1.60. The molecule has 0 aromatic heterocycles. The molecule has 0 aromatic rings. The molecule has 0 atom stereocenters. The Morgan fingerprint density at radius 3 is 2.44 bits per heavy atom. The molecule has 4 N–H and O–H groups in total.